The monoisotopic (exact) mass is 318 g/mol. The highest BCUT2D eigenvalue weighted by atomic mass is 16.8. The average Bonchev–Trinajstić information content (AvgIpc) is 2.62. The molecule has 0 aliphatic carbocycles. The first-order chi connectivity index (χ1) is 11.7. The maximum absolute atomic E-state index is 5.71. The molecule has 3 heterocycles. The first-order valence-corrected chi connectivity index (χ1v) is 7.90. The summed E-state index contributed by atoms with van der Waals surface area (Å²) in [4.78, 5) is 12.3. The van der Waals surface area contributed by atoms with Crippen LogP contribution in [0, 0.1) is 6.92 Å². The molecule has 24 heavy (non-hydrogen) atoms. The second-order valence-electron chi connectivity index (χ2n) is 5.94. The lowest BCUT2D eigenvalue weighted by molar-refractivity contribution is 0.0557. The molecule has 0 N–H and O–H groups in total. The predicted molar refractivity (Wildman–Crippen MR) is 94.0 cm³/mol. The zero-order valence-electron chi connectivity index (χ0n) is 13.6. The molecule has 0 saturated carbocycles. The van der Waals surface area contributed by atoms with Crippen LogP contribution in [-0.2, 0) is 4.94 Å². The quantitative estimate of drug-likeness (QED) is 0.848. The van der Waals surface area contributed by atoms with Crippen LogP contribution in [0.15, 0.2) is 77.7 Å². The first kappa shape index (κ1) is 14.5. The zero-order chi connectivity index (χ0) is 16.5. The van der Waals surface area contributed by atoms with E-state index in [1.807, 2.05) is 55.6 Å². The van der Waals surface area contributed by atoms with Gasteiger partial charge < -0.3 is 4.90 Å². The van der Waals surface area contributed by atoms with Gasteiger partial charge in [0.1, 0.15) is 0 Å². The third-order valence-corrected chi connectivity index (χ3v) is 4.01. The van der Waals surface area contributed by atoms with Crippen molar-refractivity contribution in [2.24, 2.45) is 5.16 Å². The Morgan fingerprint density at radius 3 is 2.62 bits per heavy atom. The topological polar surface area (TPSA) is 41.0 Å². The standard InChI is InChI=1S/C19H18N4O/c1-14-8-10-17(20-12-14)23-18-11-9-15(2)13-22(18)19(21-24-23)16-6-4-3-5-7-16/h3-13,18H,1-2H3/t18-/m1/s1. The van der Waals surface area contributed by atoms with E-state index in [0.29, 0.717) is 0 Å². The molecule has 2 aliphatic heterocycles. The van der Waals surface area contributed by atoms with Gasteiger partial charge in [-0.2, -0.15) is 0 Å². The molecule has 5 nitrogen and oxygen atoms in total. The van der Waals surface area contributed by atoms with E-state index in [9.17, 15) is 0 Å². The second kappa shape index (κ2) is 5.85. The van der Waals surface area contributed by atoms with Gasteiger partial charge in [0.2, 0.25) is 0 Å². The number of aromatic nitrogens is 1. The van der Waals surface area contributed by atoms with Gasteiger partial charge in [-0.15, -0.1) is 5.06 Å². The molecular weight excluding hydrogens is 300 g/mol. The summed E-state index contributed by atoms with van der Waals surface area (Å²) in [5.74, 6) is 1.51. The van der Waals surface area contributed by atoms with Gasteiger partial charge in [-0.05, 0) is 42.3 Å². The zero-order valence-corrected chi connectivity index (χ0v) is 13.6. The van der Waals surface area contributed by atoms with Gasteiger partial charge >= 0.3 is 0 Å². The predicted octanol–water partition coefficient (Wildman–Crippen LogP) is 3.61. The van der Waals surface area contributed by atoms with Crippen LogP contribution >= 0.6 is 0 Å². The number of hydroxylamine groups is 1. The highest BCUT2D eigenvalue weighted by Crippen LogP contribution is 2.28. The van der Waals surface area contributed by atoms with E-state index in [1.54, 1.807) is 5.06 Å². The summed E-state index contributed by atoms with van der Waals surface area (Å²) in [6.45, 7) is 4.08. The largest absolute Gasteiger partial charge is 0.302 e. The number of anilines is 1. The van der Waals surface area contributed by atoms with Crippen molar-refractivity contribution < 1.29 is 4.94 Å². The third kappa shape index (κ3) is 2.54. The number of aryl methyl sites for hydroxylation is 1. The van der Waals surface area contributed by atoms with E-state index >= 15 is 0 Å². The van der Waals surface area contributed by atoms with Crippen molar-refractivity contribution in [3.63, 3.8) is 0 Å². The van der Waals surface area contributed by atoms with Gasteiger partial charge in [-0.1, -0.05) is 42.5 Å². The summed E-state index contributed by atoms with van der Waals surface area (Å²) in [5.41, 5.74) is 3.28. The normalized spacial score (nSPS) is 19.3. The summed E-state index contributed by atoms with van der Waals surface area (Å²) in [5, 5.41) is 6.06. The summed E-state index contributed by atoms with van der Waals surface area (Å²) in [6.07, 6.45) is 7.96. The summed E-state index contributed by atoms with van der Waals surface area (Å²) >= 11 is 0. The molecule has 1 atom stereocenters. The van der Waals surface area contributed by atoms with Crippen molar-refractivity contribution in [2.75, 3.05) is 5.06 Å². The van der Waals surface area contributed by atoms with Crippen molar-refractivity contribution in [1.82, 2.24) is 9.88 Å². The Hall–Kier alpha value is -3.08. The second-order valence-corrected chi connectivity index (χ2v) is 5.94. The van der Waals surface area contributed by atoms with Gasteiger partial charge in [0, 0.05) is 18.0 Å². The number of pyridine rings is 1. The average molecular weight is 318 g/mol. The van der Waals surface area contributed by atoms with E-state index in [0.717, 1.165) is 28.4 Å². The molecule has 0 unspecified atom stereocenters. The van der Waals surface area contributed by atoms with Gasteiger partial charge in [0.15, 0.2) is 17.8 Å². The summed E-state index contributed by atoms with van der Waals surface area (Å²) in [7, 11) is 0. The van der Waals surface area contributed by atoms with Crippen LogP contribution in [0.4, 0.5) is 5.82 Å². The number of hydrogen-bond acceptors (Lipinski definition) is 5. The van der Waals surface area contributed by atoms with Crippen molar-refractivity contribution >= 4 is 11.7 Å². The van der Waals surface area contributed by atoms with Crippen LogP contribution in [0.2, 0.25) is 0 Å². The highest BCUT2D eigenvalue weighted by molar-refractivity contribution is 6.00. The number of fused-ring (bicyclic) bond motifs is 1. The van der Waals surface area contributed by atoms with Crippen molar-refractivity contribution in [3.8, 4) is 0 Å². The number of amidine groups is 1. The molecule has 2 aromatic rings. The van der Waals surface area contributed by atoms with Crippen LogP contribution in [0.1, 0.15) is 18.1 Å². The number of rotatable bonds is 2. The maximum atomic E-state index is 5.71. The lowest BCUT2D eigenvalue weighted by atomic mass is 10.1. The van der Waals surface area contributed by atoms with Crippen LogP contribution in [0.5, 0.6) is 0 Å². The van der Waals surface area contributed by atoms with E-state index < -0.39 is 0 Å². The van der Waals surface area contributed by atoms with Gasteiger partial charge in [0.05, 0.1) is 0 Å². The fraction of sp³-hybridized carbons (Fsp3) is 0.158. The number of benzene rings is 1. The van der Waals surface area contributed by atoms with E-state index in [-0.39, 0.29) is 6.17 Å². The van der Waals surface area contributed by atoms with E-state index in [2.05, 4.69) is 40.3 Å². The van der Waals surface area contributed by atoms with Crippen LogP contribution < -0.4 is 5.06 Å². The smallest absolute Gasteiger partial charge is 0.184 e. The summed E-state index contributed by atoms with van der Waals surface area (Å²) < 4.78 is 0. The van der Waals surface area contributed by atoms with Crippen LogP contribution in [0.25, 0.3) is 0 Å². The molecule has 0 spiro atoms. The molecule has 2 aliphatic rings. The molecule has 1 aromatic heterocycles. The van der Waals surface area contributed by atoms with Gasteiger partial charge in [-0.3, -0.25) is 4.94 Å². The van der Waals surface area contributed by atoms with Crippen LogP contribution in [0.3, 0.4) is 0 Å². The minimum absolute atomic E-state index is 0.128. The van der Waals surface area contributed by atoms with Crippen LogP contribution in [-0.4, -0.2) is 21.9 Å². The third-order valence-electron chi connectivity index (χ3n) is 4.01. The Morgan fingerprint density at radius 1 is 1.04 bits per heavy atom. The lowest BCUT2D eigenvalue weighted by Crippen LogP contribution is -2.52. The minimum Gasteiger partial charge on any atom is -0.302 e. The van der Waals surface area contributed by atoms with E-state index in [4.69, 9.17) is 4.94 Å². The van der Waals surface area contributed by atoms with Crippen molar-refractivity contribution in [1.29, 1.82) is 0 Å². The lowest BCUT2D eigenvalue weighted by Gasteiger charge is -2.40. The maximum Gasteiger partial charge on any atom is 0.184 e. The SMILES string of the molecule is CC1=CN2C(c3ccccc3)=NON(c3ccc(C)cn3)[C@@H]2C=C1. The number of hydrogen-bond donors (Lipinski definition) is 0. The molecule has 1 aromatic carbocycles. The number of allylic oxidation sites excluding steroid dienone is 2. The Bertz CT molecular complexity index is 824. The van der Waals surface area contributed by atoms with Crippen molar-refractivity contribution in [3.05, 3.63) is 83.7 Å². The first-order valence-electron chi connectivity index (χ1n) is 7.90. The molecule has 0 bridgehead atoms. The Labute approximate surface area is 141 Å². The number of nitrogens with zero attached hydrogens (tertiary/aromatic N) is 4. The molecule has 120 valence electrons. The van der Waals surface area contributed by atoms with Gasteiger partial charge in [-0.25, -0.2) is 4.98 Å². The highest BCUT2D eigenvalue weighted by Gasteiger charge is 2.34. The molecule has 4 rings (SSSR count). The fourth-order valence-corrected chi connectivity index (χ4v) is 2.78. The molecule has 0 saturated heterocycles. The molecule has 0 radical (unpaired) electrons. The van der Waals surface area contributed by atoms with Gasteiger partial charge in [0.25, 0.3) is 0 Å². The number of oxime groups is 1. The molecule has 0 fully saturated rings. The Balaban J connectivity index is 1.75. The Morgan fingerprint density at radius 2 is 1.88 bits per heavy atom. The minimum atomic E-state index is -0.128. The van der Waals surface area contributed by atoms with E-state index in [1.165, 1.54) is 0 Å². The molecule has 5 heteroatoms. The fourth-order valence-electron chi connectivity index (χ4n) is 2.78. The van der Waals surface area contributed by atoms with Crippen molar-refractivity contribution in [2.45, 2.75) is 20.0 Å². The molecular formula is C19H18N4O. The summed E-state index contributed by atoms with van der Waals surface area (Å²) in [6, 6.07) is 14.0. The Kier molecular flexibility index (Phi) is 3.54. The molecule has 0 amide bonds.